The lowest BCUT2D eigenvalue weighted by Crippen LogP contribution is -2.12. The van der Waals surface area contributed by atoms with E-state index in [1.807, 2.05) is 0 Å². The predicted molar refractivity (Wildman–Crippen MR) is 58.3 cm³/mol. The zero-order valence-corrected chi connectivity index (χ0v) is 8.19. The second-order valence-electron chi connectivity index (χ2n) is 2.99. The molecule has 0 aliphatic rings. The second-order valence-corrected chi connectivity index (χ2v) is 2.99. The van der Waals surface area contributed by atoms with Crippen LogP contribution in [-0.4, -0.2) is 18.4 Å². The van der Waals surface area contributed by atoms with Gasteiger partial charge in [0, 0.05) is 30.3 Å². The monoisotopic (exact) mass is 204 g/mol. The van der Waals surface area contributed by atoms with Crippen LogP contribution in [0.4, 0.5) is 5.69 Å². The Hall–Kier alpha value is -1.97. The summed E-state index contributed by atoms with van der Waals surface area (Å²) in [4.78, 5) is 21.4. The molecule has 78 valence electrons. The molecule has 1 amide bonds. The molecule has 0 aromatic heterocycles. The lowest BCUT2D eigenvalue weighted by atomic mass is 10.2. The Morgan fingerprint density at radius 3 is 2.80 bits per heavy atom. The van der Waals surface area contributed by atoms with Gasteiger partial charge in [0.1, 0.15) is 6.29 Å². The molecule has 1 rings (SSSR count). The molecule has 0 aliphatic heterocycles. The summed E-state index contributed by atoms with van der Waals surface area (Å²) in [6.07, 6.45) is 2.28. The Morgan fingerprint density at radius 2 is 2.13 bits per heavy atom. The second kappa shape index (κ2) is 5.70. The van der Waals surface area contributed by atoms with Gasteiger partial charge in [0.15, 0.2) is 0 Å². The Labute approximate surface area is 87.8 Å². The highest BCUT2D eigenvalue weighted by Crippen LogP contribution is 2.12. The fourth-order valence-electron chi connectivity index (χ4n) is 1.14. The molecule has 1 aromatic carbocycles. The molecule has 0 aliphatic carbocycles. The highest BCUT2D eigenvalue weighted by molar-refractivity contribution is 5.97. The van der Waals surface area contributed by atoms with Crippen LogP contribution in [0, 0.1) is 5.41 Å². The van der Waals surface area contributed by atoms with Crippen molar-refractivity contribution in [3.63, 3.8) is 0 Å². The molecule has 0 heterocycles. The number of para-hydroxylation sites is 1. The maximum Gasteiger partial charge on any atom is 0.224 e. The lowest BCUT2D eigenvalue weighted by Gasteiger charge is -2.06. The Morgan fingerprint density at radius 1 is 1.40 bits per heavy atom. The van der Waals surface area contributed by atoms with Crippen LogP contribution in [0.5, 0.6) is 0 Å². The standard InChI is InChI=1S/C11H12N2O2/c12-8-9-4-1-2-5-10(9)13-11(15)6-3-7-14/h1-2,4-5,7-8,12H,3,6H2,(H,13,15). The first kappa shape index (κ1) is 11.1. The van der Waals surface area contributed by atoms with E-state index >= 15 is 0 Å². The molecule has 0 bridgehead atoms. The van der Waals surface area contributed by atoms with Crippen LogP contribution in [0.15, 0.2) is 24.3 Å². The molecule has 0 fully saturated rings. The van der Waals surface area contributed by atoms with Crippen molar-refractivity contribution in [1.82, 2.24) is 0 Å². The highest BCUT2D eigenvalue weighted by atomic mass is 16.1. The molecule has 0 radical (unpaired) electrons. The topological polar surface area (TPSA) is 70.0 Å². The van der Waals surface area contributed by atoms with Gasteiger partial charge in [0.05, 0.1) is 0 Å². The summed E-state index contributed by atoms with van der Waals surface area (Å²) in [5.74, 6) is -0.212. The van der Waals surface area contributed by atoms with E-state index in [0.717, 1.165) is 0 Å². The van der Waals surface area contributed by atoms with E-state index in [2.05, 4.69) is 5.32 Å². The fourth-order valence-corrected chi connectivity index (χ4v) is 1.14. The summed E-state index contributed by atoms with van der Waals surface area (Å²) >= 11 is 0. The zero-order chi connectivity index (χ0) is 11.1. The molecular formula is C11H12N2O2. The first-order valence-electron chi connectivity index (χ1n) is 4.61. The maximum atomic E-state index is 11.3. The summed E-state index contributed by atoms with van der Waals surface area (Å²) in [7, 11) is 0. The minimum atomic E-state index is -0.212. The van der Waals surface area contributed by atoms with Gasteiger partial charge < -0.3 is 15.5 Å². The van der Waals surface area contributed by atoms with Crippen LogP contribution in [0.1, 0.15) is 18.4 Å². The SMILES string of the molecule is N=Cc1ccccc1NC(=O)CCC=O. The van der Waals surface area contributed by atoms with Gasteiger partial charge in [0.2, 0.25) is 5.91 Å². The average Bonchev–Trinajstić information content (AvgIpc) is 2.27. The van der Waals surface area contributed by atoms with Gasteiger partial charge in [-0.05, 0) is 6.07 Å². The minimum absolute atomic E-state index is 0.176. The van der Waals surface area contributed by atoms with Gasteiger partial charge in [-0.25, -0.2) is 0 Å². The normalized spacial score (nSPS) is 9.33. The number of carbonyl (C=O) groups is 2. The molecule has 4 heteroatoms. The van der Waals surface area contributed by atoms with Gasteiger partial charge >= 0.3 is 0 Å². The Bertz CT molecular complexity index is 375. The van der Waals surface area contributed by atoms with E-state index in [0.29, 0.717) is 17.5 Å². The number of nitrogens with one attached hydrogen (secondary N) is 2. The van der Waals surface area contributed by atoms with Crippen LogP contribution in [0.2, 0.25) is 0 Å². The maximum absolute atomic E-state index is 11.3. The first-order chi connectivity index (χ1) is 7.27. The number of benzene rings is 1. The molecule has 0 unspecified atom stereocenters. The van der Waals surface area contributed by atoms with Crippen LogP contribution in [0.3, 0.4) is 0 Å². The third-order valence-corrected chi connectivity index (χ3v) is 1.88. The molecule has 2 N–H and O–H groups in total. The van der Waals surface area contributed by atoms with Gasteiger partial charge in [-0.3, -0.25) is 4.79 Å². The van der Waals surface area contributed by atoms with Crippen molar-refractivity contribution in [3.8, 4) is 0 Å². The van der Waals surface area contributed by atoms with Crippen molar-refractivity contribution in [2.75, 3.05) is 5.32 Å². The van der Waals surface area contributed by atoms with Crippen molar-refractivity contribution in [2.45, 2.75) is 12.8 Å². The van der Waals surface area contributed by atoms with E-state index in [9.17, 15) is 9.59 Å². The highest BCUT2D eigenvalue weighted by Gasteiger charge is 2.04. The Kier molecular flexibility index (Phi) is 4.22. The van der Waals surface area contributed by atoms with Crippen LogP contribution in [-0.2, 0) is 9.59 Å². The number of hydrogen-bond donors (Lipinski definition) is 2. The predicted octanol–water partition coefficient (Wildman–Crippen LogP) is 1.60. The molecule has 1 aromatic rings. The molecule has 0 saturated carbocycles. The van der Waals surface area contributed by atoms with Crippen LogP contribution < -0.4 is 5.32 Å². The summed E-state index contributed by atoms with van der Waals surface area (Å²) in [6, 6.07) is 7.03. The van der Waals surface area contributed by atoms with Crippen molar-refractivity contribution in [3.05, 3.63) is 29.8 Å². The molecule has 15 heavy (non-hydrogen) atoms. The van der Waals surface area contributed by atoms with Crippen molar-refractivity contribution in [2.24, 2.45) is 0 Å². The van der Waals surface area contributed by atoms with Gasteiger partial charge in [0.25, 0.3) is 0 Å². The summed E-state index contributed by atoms with van der Waals surface area (Å²) in [5, 5.41) is 9.78. The Balaban J connectivity index is 2.67. The van der Waals surface area contributed by atoms with Gasteiger partial charge in [-0.2, -0.15) is 0 Å². The van der Waals surface area contributed by atoms with Crippen molar-refractivity contribution >= 4 is 24.1 Å². The lowest BCUT2D eigenvalue weighted by molar-refractivity contribution is -0.118. The average molecular weight is 204 g/mol. The van der Waals surface area contributed by atoms with Crippen LogP contribution in [0.25, 0.3) is 0 Å². The largest absolute Gasteiger partial charge is 0.325 e. The minimum Gasteiger partial charge on any atom is -0.325 e. The quantitative estimate of drug-likeness (QED) is 0.565. The summed E-state index contributed by atoms with van der Waals surface area (Å²) < 4.78 is 0. The summed E-state index contributed by atoms with van der Waals surface area (Å²) in [5.41, 5.74) is 1.25. The smallest absolute Gasteiger partial charge is 0.224 e. The number of rotatable bonds is 5. The number of aldehydes is 1. The molecule has 0 atom stereocenters. The number of carbonyl (C=O) groups excluding carboxylic acids is 2. The van der Waals surface area contributed by atoms with E-state index in [1.54, 1.807) is 24.3 Å². The van der Waals surface area contributed by atoms with E-state index in [4.69, 9.17) is 5.41 Å². The molecule has 0 spiro atoms. The van der Waals surface area contributed by atoms with Crippen molar-refractivity contribution in [1.29, 1.82) is 5.41 Å². The third kappa shape index (κ3) is 3.34. The first-order valence-corrected chi connectivity index (χ1v) is 4.61. The third-order valence-electron chi connectivity index (χ3n) is 1.88. The van der Waals surface area contributed by atoms with E-state index < -0.39 is 0 Å². The summed E-state index contributed by atoms with van der Waals surface area (Å²) in [6.45, 7) is 0. The number of hydrogen-bond acceptors (Lipinski definition) is 3. The number of amides is 1. The number of anilines is 1. The zero-order valence-electron chi connectivity index (χ0n) is 8.19. The van der Waals surface area contributed by atoms with E-state index in [1.165, 1.54) is 6.21 Å². The molecule has 0 saturated heterocycles. The van der Waals surface area contributed by atoms with Gasteiger partial charge in [-0.15, -0.1) is 0 Å². The van der Waals surface area contributed by atoms with Crippen molar-refractivity contribution < 1.29 is 9.59 Å². The van der Waals surface area contributed by atoms with Gasteiger partial charge in [-0.1, -0.05) is 18.2 Å². The molecule has 4 nitrogen and oxygen atoms in total. The van der Waals surface area contributed by atoms with E-state index in [-0.39, 0.29) is 18.7 Å². The fraction of sp³-hybridized carbons (Fsp3) is 0.182. The van der Waals surface area contributed by atoms with Crippen LogP contribution >= 0.6 is 0 Å². The molecular weight excluding hydrogens is 192 g/mol.